The third-order valence-corrected chi connectivity index (χ3v) is 3.43. The Morgan fingerprint density at radius 2 is 2.28 bits per heavy atom. The lowest BCUT2D eigenvalue weighted by molar-refractivity contribution is 0.0594. The maximum absolute atomic E-state index is 11.4. The number of aliphatic hydroxyl groups is 1. The maximum atomic E-state index is 11.4. The molecule has 1 fully saturated rings. The van der Waals surface area contributed by atoms with Crippen LogP contribution in [0.4, 0.5) is 5.69 Å². The Bertz CT molecular complexity index is 428. The lowest BCUT2D eigenvalue weighted by Gasteiger charge is -2.29. The molecule has 5 heteroatoms. The normalized spacial score (nSPS) is 17.4. The number of nitrogens with zero attached hydrogens (tertiary/aromatic N) is 1. The van der Waals surface area contributed by atoms with Crippen molar-refractivity contribution in [2.24, 2.45) is 0 Å². The van der Waals surface area contributed by atoms with E-state index in [1.54, 1.807) is 18.3 Å². The van der Waals surface area contributed by atoms with E-state index in [-0.39, 0.29) is 17.8 Å². The van der Waals surface area contributed by atoms with Crippen molar-refractivity contribution in [2.75, 3.05) is 19.0 Å². The molecular formula is C13H18N2O3. The number of aliphatic hydroxyl groups excluding tert-OH is 1. The van der Waals surface area contributed by atoms with E-state index in [1.807, 2.05) is 0 Å². The van der Waals surface area contributed by atoms with Gasteiger partial charge in [0.2, 0.25) is 0 Å². The van der Waals surface area contributed by atoms with Crippen LogP contribution in [0, 0.1) is 0 Å². The largest absolute Gasteiger partial charge is 0.464 e. The molecule has 0 aromatic carbocycles. The highest BCUT2D eigenvalue weighted by Crippen LogP contribution is 2.32. The molecule has 0 amide bonds. The van der Waals surface area contributed by atoms with Crippen LogP contribution in [0.5, 0.6) is 0 Å². The van der Waals surface area contributed by atoms with Gasteiger partial charge in [-0.15, -0.1) is 0 Å². The Balaban J connectivity index is 2.16. The van der Waals surface area contributed by atoms with Gasteiger partial charge in [0, 0.05) is 11.9 Å². The van der Waals surface area contributed by atoms with Crippen molar-refractivity contribution in [2.45, 2.75) is 31.2 Å². The second-order valence-corrected chi connectivity index (χ2v) is 4.69. The first-order chi connectivity index (χ1) is 8.69. The summed E-state index contributed by atoms with van der Waals surface area (Å²) in [5.74, 6) is -0.455. The van der Waals surface area contributed by atoms with Gasteiger partial charge in [0.15, 0.2) is 0 Å². The highest BCUT2D eigenvalue weighted by Gasteiger charge is 2.33. The van der Waals surface area contributed by atoms with Crippen LogP contribution < -0.4 is 5.32 Å². The van der Waals surface area contributed by atoms with Crippen molar-refractivity contribution in [3.8, 4) is 0 Å². The number of rotatable bonds is 4. The van der Waals surface area contributed by atoms with Crippen LogP contribution in [0.3, 0.4) is 0 Å². The minimum Gasteiger partial charge on any atom is -0.464 e. The van der Waals surface area contributed by atoms with Crippen LogP contribution in [-0.2, 0) is 4.74 Å². The number of aromatic nitrogens is 1. The molecule has 1 aromatic rings. The molecule has 0 saturated heterocycles. The summed E-state index contributed by atoms with van der Waals surface area (Å²) < 4.78 is 4.63. The Morgan fingerprint density at radius 1 is 1.56 bits per heavy atom. The van der Waals surface area contributed by atoms with Crippen LogP contribution in [-0.4, -0.2) is 35.3 Å². The molecule has 0 radical (unpaired) electrons. The second kappa shape index (κ2) is 5.35. The highest BCUT2D eigenvalue weighted by molar-refractivity contribution is 5.88. The zero-order valence-corrected chi connectivity index (χ0v) is 10.5. The molecule has 0 unspecified atom stereocenters. The summed E-state index contributed by atoms with van der Waals surface area (Å²) in [7, 11) is 1.33. The van der Waals surface area contributed by atoms with Gasteiger partial charge in [-0.05, 0) is 25.0 Å². The van der Waals surface area contributed by atoms with Crippen molar-refractivity contribution in [3.63, 3.8) is 0 Å². The fourth-order valence-electron chi connectivity index (χ4n) is 2.41. The molecule has 5 nitrogen and oxygen atoms in total. The van der Waals surface area contributed by atoms with Gasteiger partial charge in [0.25, 0.3) is 0 Å². The number of carbonyl (C=O) groups is 1. The standard InChI is InChI=1S/C13H18N2O3/c1-18-12(17)11-8-10(4-7-14-11)15-13(9-16)5-2-3-6-13/h4,7-8,16H,2-3,5-6,9H2,1H3,(H,14,15). The number of esters is 1. The van der Waals surface area contributed by atoms with Crippen LogP contribution in [0.15, 0.2) is 18.3 Å². The molecule has 1 aliphatic rings. The Kier molecular flexibility index (Phi) is 3.81. The van der Waals surface area contributed by atoms with E-state index in [0.717, 1.165) is 31.4 Å². The molecule has 1 aromatic heterocycles. The molecule has 0 bridgehead atoms. The van der Waals surface area contributed by atoms with Gasteiger partial charge in [-0.3, -0.25) is 0 Å². The van der Waals surface area contributed by atoms with Crippen molar-refractivity contribution < 1.29 is 14.6 Å². The molecular weight excluding hydrogens is 232 g/mol. The van der Waals surface area contributed by atoms with Gasteiger partial charge in [-0.25, -0.2) is 9.78 Å². The zero-order chi connectivity index (χ0) is 13.0. The van der Waals surface area contributed by atoms with Gasteiger partial charge < -0.3 is 15.2 Å². The molecule has 2 rings (SSSR count). The summed E-state index contributed by atoms with van der Waals surface area (Å²) in [6.45, 7) is 0.100. The fourth-order valence-corrected chi connectivity index (χ4v) is 2.41. The number of anilines is 1. The molecule has 0 aliphatic heterocycles. The molecule has 1 aliphatic carbocycles. The number of nitrogens with one attached hydrogen (secondary N) is 1. The SMILES string of the molecule is COC(=O)c1cc(NC2(CO)CCCC2)ccn1. The summed E-state index contributed by atoms with van der Waals surface area (Å²) in [5.41, 5.74) is 0.810. The number of ether oxygens (including phenoxy) is 1. The Hall–Kier alpha value is -1.62. The van der Waals surface area contributed by atoms with Crippen molar-refractivity contribution >= 4 is 11.7 Å². The zero-order valence-electron chi connectivity index (χ0n) is 10.5. The molecule has 0 spiro atoms. The smallest absolute Gasteiger partial charge is 0.356 e. The third-order valence-electron chi connectivity index (χ3n) is 3.43. The van der Waals surface area contributed by atoms with Crippen molar-refractivity contribution in [3.05, 3.63) is 24.0 Å². The quantitative estimate of drug-likeness (QED) is 0.794. The van der Waals surface area contributed by atoms with Crippen molar-refractivity contribution in [1.82, 2.24) is 4.98 Å². The molecule has 98 valence electrons. The van der Waals surface area contributed by atoms with Crippen LogP contribution >= 0.6 is 0 Å². The molecule has 18 heavy (non-hydrogen) atoms. The predicted molar refractivity (Wildman–Crippen MR) is 67.5 cm³/mol. The summed E-state index contributed by atoms with van der Waals surface area (Å²) in [6.07, 6.45) is 5.68. The average Bonchev–Trinajstić information content (AvgIpc) is 2.87. The van der Waals surface area contributed by atoms with E-state index in [4.69, 9.17) is 0 Å². The van der Waals surface area contributed by atoms with Gasteiger partial charge >= 0.3 is 5.97 Å². The number of hydrogen-bond donors (Lipinski definition) is 2. The van der Waals surface area contributed by atoms with Crippen LogP contribution in [0.2, 0.25) is 0 Å². The monoisotopic (exact) mass is 250 g/mol. The molecule has 1 heterocycles. The molecule has 1 saturated carbocycles. The molecule has 0 atom stereocenters. The second-order valence-electron chi connectivity index (χ2n) is 4.69. The highest BCUT2D eigenvalue weighted by atomic mass is 16.5. The van der Waals surface area contributed by atoms with Gasteiger partial charge in [0.05, 0.1) is 19.3 Å². The van der Waals surface area contributed by atoms with E-state index < -0.39 is 5.97 Å². The number of carbonyl (C=O) groups excluding carboxylic acids is 1. The lowest BCUT2D eigenvalue weighted by Crippen LogP contribution is -2.39. The summed E-state index contributed by atoms with van der Waals surface area (Å²) >= 11 is 0. The fraction of sp³-hybridized carbons (Fsp3) is 0.538. The van der Waals surface area contributed by atoms with E-state index in [0.29, 0.717) is 0 Å². The number of pyridine rings is 1. The van der Waals surface area contributed by atoms with Gasteiger partial charge in [-0.2, -0.15) is 0 Å². The average molecular weight is 250 g/mol. The van der Waals surface area contributed by atoms with Gasteiger partial charge in [-0.1, -0.05) is 12.8 Å². The Labute approximate surface area is 106 Å². The topological polar surface area (TPSA) is 71.5 Å². The maximum Gasteiger partial charge on any atom is 0.356 e. The van der Waals surface area contributed by atoms with Gasteiger partial charge in [0.1, 0.15) is 5.69 Å². The summed E-state index contributed by atoms with van der Waals surface area (Å²) in [4.78, 5) is 15.3. The first-order valence-corrected chi connectivity index (χ1v) is 6.12. The predicted octanol–water partition coefficient (Wildman–Crippen LogP) is 1.59. The number of hydrogen-bond acceptors (Lipinski definition) is 5. The summed E-state index contributed by atoms with van der Waals surface area (Å²) in [6, 6.07) is 3.45. The minimum atomic E-state index is -0.455. The minimum absolute atomic E-state index is 0.100. The van der Waals surface area contributed by atoms with E-state index in [1.165, 1.54) is 7.11 Å². The molecule has 2 N–H and O–H groups in total. The van der Waals surface area contributed by atoms with Crippen molar-refractivity contribution in [1.29, 1.82) is 0 Å². The third kappa shape index (κ3) is 2.61. The number of methoxy groups -OCH3 is 1. The first kappa shape index (κ1) is 12.8. The first-order valence-electron chi connectivity index (χ1n) is 6.12. The van der Waals surface area contributed by atoms with Crippen LogP contribution in [0.1, 0.15) is 36.2 Å². The van der Waals surface area contributed by atoms with E-state index in [2.05, 4.69) is 15.0 Å². The van der Waals surface area contributed by atoms with E-state index in [9.17, 15) is 9.90 Å². The Morgan fingerprint density at radius 3 is 2.89 bits per heavy atom. The lowest BCUT2D eigenvalue weighted by atomic mass is 9.98. The van der Waals surface area contributed by atoms with Crippen LogP contribution in [0.25, 0.3) is 0 Å². The van der Waals surface area contributed by atoms with E-state index >= 15 is 0 Å². The summed E-state index contributed by atoms with van der Waals surface area (Å²) in [5, 5.41) is 12.9.